The Morgan fingerprint density at radius 1 is 1.55 bits per heavy atom. The lowest BCUT2D eigenvalue weighted by atomic mass is 10.5. The number of nitrogens with zero attached hydrogens (tertiary/aromatic N) is 1. The molecule has 1 heterocycles. The van der Waals surface area contributed by atoms with Gasteiger partial charge in [0.05, 0.1) is 5.02 Å². The van der Waals surface area contributed by atoms with Crippen molar-refractivity contribution in [1.29, 1.82) is 0 Å². The fourth-order valence-electron chi connectivity index (χ4n) is 0.498. The van der Waals surface area contributed by atoms with E-state index in [9.17, 15) is 4.39 Å². The number of nitrogens with two attached hydrogens (primary N) is 1. The summed E-state index contributed by atoms with van der Waals surface area (Å²) in [4.78, 5) is 3.36. The van der Waals surface area contributed by atoms with Crippen molar-refractivity contribution in [1.82, 2.24) is 4.98 Å². The Balaban J connectivity index is 0.000001000. The predicted molar refractivity (Wildman–Crippen MR) is 44.3 cm³/mol. The molecule has 11 heavy (non-hydrogen) atoms. The van der Waals surface area contributed by atoms with Gasteiger partial charge in [-0.05, 0) is 12.1 Å². The summed E-state index contributed by atoms with van der Waals surface area (Å²) in [5, 5.41) is -0.0148. The van der Waals surface area contributed by atoms with Crippen molar-refractivity contribution in [3.63, 3.8) is 0 Å². The molecule has 0 unspecified atom stereocenters. The second-order valence-corrected chi connectivity index (χ2v) is 2.02. The second kappa shape index (κ2) is 4.33. The fraction of sp³-hybridized carbons (Fsp3) is 0. The van der Waals surface area contributed by atoms with Crippen LogP contribution in [0.15, 0.2) is 12.1 Å². The number of nitrogen functional groups attached to an aromatic ring is 1. The summed E-state index contributed by atoms with van der Waals surface area (Å²) >= 11 is 5.33. The maximum atomic E-state index is 12.4. The molecule has 0 aliphatic heterocycles. The summed E-state index contributed by atoms with van der Waals surface area (Å²) in [6.07, 6.45) is 0. The van der Waals surface area contributed by atoms with Crippen LogP contribution < -0.4 is 11.3 Å². The smallest absolute Gasteiger partial charge is 0.233 e. The Kier molecular flexibility index (Phi) is 4.10. The largest absolute Gasteiger partial charge is 0.308 e. The highest BCUT2D eigenvalue weighted by molar-refractivity contribution is 6.30. The van der Waals surface area contributed by atoms with Crippen molar-refractivity contribution < 1.29 is 4.39 Å². The van der Waals surface area contributed by atoms with Gasteiger partial charge in [-0.15, -0.1) is 12.4 Å². The summed E-state index contributed by atoms with van der Waals surface area (Å²) in [6, 6.07) is 2.85. The topological polar surface area (TPSA) is 50.9 Å². The highest BCUT2D eigenvalue weighted by atomic mass is 35.5. The van der Waals surface area contributed by atoms with Gasteiger partial charge in [0.1, 0.15) is 5.82 Å². The maximum absolute atomic E-state index is 12.4. The van der Waals surface area contributed by atoms with Crippen LogP contribution in [0.1, 0.15) is 0 Å². The molecule has 0 aliphatic rings. The van der Waals surface area contributed by atoms with Crippen LogP contribution in [0.3, 0.4) is 0 Å². The van der Waals surface area contributed by atoms with Gasteiger partial charge in [-0.1, -0.05) is 11.6 Å². The van der Waals surface area contributed by atoms with Gasteiger partial charge in [0.15, 0.2) is 0 Å². The maximum Gasteiger partial charge on any atom is 0.233 e. The van der Waals surface area contributed by atoms with E-state index in [-0.39, 0.29) is 23.2 Å². The molecule has 0 saturated heterocycles. The molecule has 3 nitrogen and oxygen atoms in total. The quantitative estimate of drug-likeness (QED) is 0.409. The number of nitrogens with one attached hydrogen (secondary N) is 1. The van der Waals surface area contributed by atoms with E-state index in [0.29, 0.717) is 0 Å². The van der Waals surface area contributed by atoms with Gasteiger partial charge in [0.2, 0.25) is 5.95 Å². The first-order valence-electron chi connectivity index (χ1n) is 2.52. The minimum atomic E-state index is -0.725. The molecule has 0 saturated carbocycles. The molecule has 0 amide bonds. The minimum Gasteiger partial charge on any atom is -0.308 e. The number of pyridine rings is 1. The Hall–Kier alpha value is -0.580. The highest BCUT2D eigenvalue weighted by Crippen LogP contribution is 2.13. The number of aromatic nitrogens is 1. The number of halogens is 3. The van der Waals surface area contributed by atoms with E-state index < -0.39 is 5.95 Å². The molecular weight excluding hydrogens is 192 g/mol. The summed E-state index contributed by atoms with van der Waals surface area (Å²) < 4.78 is 12.4. The fourth-order valence-corrected chi connectivity index (χ4v) is 0.603. The molecule has 1 aromatic rings. The molecule has 62 valence electrons. The number of anilines is 1. The van der Waals surface area contributed by atoms with E-state index in [4.69, 9.17) is 17.4 Å². The van der Waals surface area contributed by atoms with Crippen LogP contribution in [0.2, 0.25) is 5.02 Å². The zero-order chi connectivity index (χ0) is 7.56. The number of hydrogen-bond donors (Lipinski definition) is 2. The van der Waals surface area contributed by atoms with Gasteiger partial charge in [-0.25, -0.2) is 5.84 Å². The monoisotopic (exact) mass is 197 g/mol. The average Bonchev–Trinajstić information content (AvgIpc) is 1.95. The average molecular weight is 198 g/mol. The van der Waals surface area contributed by atoms with Crippen molar-refractivity contribution >= 4 is 29.8 Å². The van der Waals surface area contributed by atoms with E-state index in [1.165, 1.54) is 12.1 Å². The molecule has 0 aromatic carbocycles. The van der Waals surface area contributed by atoms with Crippen LogP contribution in [0.5, 0.6) is 0 Å². The van der Waals surface area contributed by atoms with Crippen molar-refractivity contribution in [2.45, 2.75) is 0 Å². The number of hydrogen-bond acceptors (Lipinski definition) is 3. The van der Waals surface area contributed by atoms with Gasteiger partial charge < -0.3 is 5.43 Å². The van der Waals surface area contributed by atoms with E-state index in [1.807, 2.05) is 0 Å². The molecule has 0 aliphatic carbocycles. The summed E-state index contributed by atoms with van der Waals surface area (Å²) in [6.45, 7) is 0. The van der Waals surface area contributed by atoms with Crippen molar-refractivity contribution in [3.8, 4) is 0 Å². The molecule has 1 rings (SSSR count). The molecule has 0 atom stereocenters. The molecule has 0 spiro atoms. The Labute approximate surface area is 74.1 Å². The zero-order valence-electron chi connectivity index (χ0n) is 5.34. The van der Waals surface area contributed by atoms with E-state index in [0.717, 1.165) is 0 Å². The molecule has 6 heteroatoms. The first-order valence-corrected chi connectivity index (χ1v) is 2.90. The lowest BCUT2D eigenvalue weighted by Crippen LogP contribution is -2.08. The van der Waals surface area contributed by atoms with Crippen molar-refractivity contribution in [2.24, 2.45) is 5.84 Å². The van der Waals surface area contributed by atoms with Crippen LogP contribution in [-0.2, 0) is 0 Å². The molecule has 0 radical (unpaired) electrons. The van der Waals surface area contributed by atoms with E-state index >= 15 is 0 Å². The molecular formula is C5H6Cl2FN3. The van der Waals surface area contributed by atoms with Crippen LogP contribution in [-0.4, -0.2) is 4.98 Å². The second-order valence-electron chi connectivity index (χ2n) is 1.61. The van der Waals surface area contributed by atoms with Crippen LogP contribution >= 0.6 is 24.0 Å². The SMILES string of the molecule is Cl.NNc1ccc(Cl)c(F)n1. The first-order chi connectivity index (χ1) is 4.74. The van der Waals surface area contributed by atoms with E-state index in [1.54, 1.807) is 0 Å². The lowest BCUT2D eigenvalue weighted by molar-refractivity contribution is 0.585. The molecule has 0 bridgehead atoms. The third kappa shape index (κ3) is 2.49. The number of hydrazine groups is 1. The molecule has 0 fully saturated rings. The van der Waals surface area contributed by atoms with Crippen molar-refractivity contribution in [2.75, 3.05) is 5.43 Å². The Morgan fingerprint density at radius 3 is 2.64 bits per heavy atom. The van der Waals surface area contributed by atoms with Gasteiger partial charge in [-0.2, -0.15) is 9.37 Å². The third-order valence-corrected chi connectivity index (χ3v) is 1.23. The number of rotatable bonds is 1. The van der Waals surface area contributed by atoms with Crippen LogP contribution in [0.4, 0.5) is 10.2 Å². The zero-order valence-corrected chi connectivity index (χ0v) is 6.92. The Bertz CT molecular complexity index is 243. The highest BCUT2D eigenvalue weighted by Gasteiger charge is 1.99. The normalized spacial score (nSPS) is 8.64. The van der Waals surface area contributed by atoms with Crippen molar-refractivity contribution in [3.05, 3.63) is 23.1 Å². The van der Waals surface area contributed by atoms with Gasteiger partial charge in [0, 0.05) is 0 Å². The summed E-state index contributed by atoms with van der Waals surface area (Å²) in [7, 11) is 0. The predicted octanol–water partition coefficient (Wildman–Crippen LogP) is 1.58. The standard InChI is InChI=1S/C5H5ClFN3.ClH/c6-3-1-2-4(10-8)9-5(3)7;/h1-2H,8H2,(H,9,10);1H. The summed E-state index contributed by atoms with van der Waals surface area (Å²) in [5.74, 6) is 4.47. The lowest BCUT2D eigenvalue weighted by Gasteiger charge is -1.97. The third-order valence-electron chi connectivity index (χ3n) is 0.951. The molecule has 1 aromatic heterocycles. The van der Waals surface area contributed by atoms with Gasteiger partial charge >= 0.3 is 0 Å². The first kappa shape index (κ1) is 10.4. The minimum absolute atomic E-state index is 0. The Morgan fingerprint density at radius 2 is 2.18 bits per heavy atom. The molecule has 3 N–H and O–H groups in total. The van der Waals surface area contributed by atoms with Gasteiger partial charge in [0.25, 0.3) is 0 Å². The van der Waals surface area contributed by atoms with Crippen LogP contribution in [0, 0.1) is 5.95 Å². The van der Waals surface area contributed by atoms with E-state index in [2.05, 4.69) is 10.4 Å². The van der Waals surface area contributed by atoms with Crippen LogP contribution in [0.25, 0.3) is 0 Å². The summed E-state index contributed by atoms with van der Waals surface area (Å²) in [5.41, 5.74) is 2.19. The van der Waals surface area contributed by atoms with Gasteiger partial charge in [-0.3, -0.25) is 0 Å².